The van der Waals surface area contributed by atoms with Gasteiger partial charge in [0.05, 0.1) is 12.8 Å². The average Bonchev–Trinajstić information content (AvgIpc) is 3.41. The van der Waals surface area contributed by atoms with Gasteiger partial charge >= 0.3 is 6.03 Å². The minimum Gasteiger partial charge on any atom is -0.493 e. The highest BCUT2D eigenvalue weighted by molar-refractivity contribution is 7.07. The summed E-state index contributed by atoms with van der Waals surface area (Å²) in [5, 5.41) is 10.8. The first kappa shape index (κ1) is 20.2. The maximum absolute atomic E-state index is 12.4. The van der Waals surface area contributed by atoms with E-state index in [1.807, 2.05) is 17.0 Å². The lowest BCUT2D eigenvalue weighted by atomic mass is 10.0. The number of hydrogen-bond acceptors (Lipinski definition) is 5. The second-order valence-electron chi connectivity index (χ2n) is 7.32. The zero-order valence-electron chi connectivity index (χ0n) is 17.0. The van der Waals surface area contributed by atoms with Crippen molar-refractivity contribution in [1.29, 1.82) is 0 Å². The number of nitrogens with zero attached hydrogens (tertiary/aromatic N) is 2. The first-order valence-corrected chi connectivity index (χ1v) is 11.0. The third kappa shape index (κ3) is 5.30. The first-order chi connectivity index (χ1) is 14.7. The Morgan fingerprint density at radius 3 is 2.93 bits per heavy atom. The SMILES string of the molecule is Cc1oncc1NC(=O)N1CCC(=Cc2cccc(OCCc3ccsc3)c2)CC1. The fraction of sp³-hybridized carbons (Fsp3) is 0.304. The smallest absolute Gasteiger partial charge is 0.322 e. The quantitative estimate of drug-likeness (QED) is 0.578. The fourth-order valence-electron chi connectivity index (χ4n) is 3.41. The van der Waals surface area contributed by atoms with Crippen LogP contribution in [-0.4, -0.2) is 35.8 Å². The molecule has 0 bridgehead atoms. The van der Waals surface area contributed by atoms with E-state index in [4.69, 9.17) is 9.26 Å². The molecule has 0 unspecified atom stereocenters. The summed E-state index contributed by atoms with van der Waals surface area (Å²) in [6, 6.07) is 10.2. The molecule has 0 saturated carbocycles. The van der Waals surface area contributed by atoms with Gasteiger partial charge in [-0.05, 0) is 59.9 Å². The van der Waals surface area contributed by atoms with Crippen LogP contribution in [0, 0.1) is 6.92 Å². The minimum atomic E-state index is -0.110. The number of benzene rings is 1. The molecule has 1 N–H and O–H groups in total. The fourth-order valence-corrected chi connectivity index (χ4v) is 4.11. The van der Waals surface area contributed by atoms with E-state index in [2.05, 4.69) is 45.5 Å². The van der Waals surface area contributed by atoms with Crippen molar-refractivity contribution in [3.05, 3.63) is 69.7 Å². The Balaban J connectivity index is 1.28. The van der Waals surface area contributed by atoms with Crippen LogP contribution in [0.5, 0.6) is 5.75 Å². The summed E-state index contributed by atoms with van der Waals surface area (Å²) in [6.07, 6.45) is 6.38. The molecule has 156 valence electrons. The van der Waals surface area contributed by atoms with E-state index in [9.17, 15) is 4.79 Å². The predicted molar refractivity (Wildman–Crippen MR) is 119 cm³/mol. The summed E-state index contributed by atoms with van der Waals surface area (Å²) < 4.78 is 10.9. The van der Waals surface area contributed by atoms with E-state index in [1.165, 1.54) is 17.3 Å². The van der Waals surface area contributed by atoms with Gasteiger partial charge in [-0.3, -0.25) is 0 Å². The first-order valence-electron chi connectivity index (χ1n) is 10.1. The summed E-state index contributed by atoms with van der Waals surface area (Å²) in [6.45, 7) is 3.84. The van der Waals surface area contributed by atoms with Gasteiger partial charge in [0.1, 0.15) is 11.4 Å². The highest BCUT2D eigenvalue weighted by atomic mass is 32.1. The molecular formula is C23H25N3O3S. The number of carbonyl (C=O) groups excluding carboxylic acids is 1. The van der Waals surface area contributed by atoms with Crippen molar-refractivity contribution < 1.29 is 14.1 Å². The van der Waals surface area contributed by atoms with Crippen molar-refractivity contribution in [2.24, 2.45) is 0 Å². The topological polar surface area (TPSA) is 67.6 Å². The summed E-state index contributed by atoms with van der Waals surface area (Å²) in [4.78, 5) is 14.3. The van der Waals surface area contributed by atoms with Gasteiger partial charge in [-0.1, -0.05) is 28.9 Å². The number of piperidine rings is 1. The van der Waals surface area contributed by atoms with E-state index in [0.717, 1.165) is 30.6 Å². The van der Waals surface area contributed by atoms with E-state index in [1.54, 1.807) is 18.3 Å². The van der Waals surface area contributed by atoms with E-state index in [0.29, 0.717) is 31.1 Å². The number of rotatable bonds is 6. The Kier molecular flexibility index (Phi) is 6.49. The maximum Gasteiger partial charge on any atom is 0.322 e. The highest BCUT2D eigenvalue weighted by Gasteiger charge is 2.20. The number of hydrogen-bond donors (Lipinski definition) is 1. The Morgan fingerprint density at radius 2 is 2.20 bits per heavy atom. The second kappa shape index (κ2) is 9.63. The van der Waals surface area contributed by atoms with Crippen LogP contribution in [0.15, 0.2) is 57.4 Å². The van der Waals surface area contributed by atoms with Gasteiger partial charge in [0, 0.05) is 19.5 Å². The monoisotopic (exact) mass is 423 g/mol. The number of amides is 2. The molecule has 7 heteroatoms. The van der Waals surface area contributed by atoms with Gasteiger partial charge in [0.25, 0.3) is 0 Å². The Labute approximate surface area is 180 Å². The molecule has 2 amide bonds. The second-order valence-corrected chi connectivity index (χ2v) is 8.10. The minimum absolute atomic E-state index is 0.110. The molecule has 6 nitrogen and oxygen atoms in total. The molecule has 0 radical (unpaired) electrons. The van der Waals surface area contributed by atoms with Gasteiger partial charge < -0.3 is 19.5 Å². The Hall–Kier alpha value is -3.06. The van der Waals surface area contributed by atoms with Crippen molar-refractivity contribution in [3.8, 4) is 5.75 Å². The average molecular weight is 424 g/mol. The number of nitrogens with one attached hydrogen (secondary N) is 1. The van der Waals surface area contributed by atoms with Crippen LogP contribution in [0.2, 0.25) is 0 Å². The number of aromatic nitrogens is 1. The number of likely N-dealkylation sites (tertiary alicyclic amines) is 1. The van der Waals surface area contributed by atoms with Crippen LogP contribution in [0.4, 0.5) is 10.5 Å². The highest BCUT2D eigenvalue weighted by Crippen LogP contribution is 2.23. The molecule has 0 spiro atoms. The van der Waals surface area contributed by atoms with Crippen molar-refractivity contribution >= 4 is 29.1 Å². The molecule has 1 fully saturated rings. The lowest BCUT2D eigenvalue weighted by Crippen LogP contribution is -2.39. The summed E-state index contributed by atoms with van der Waals surface area (Å²) in [5.74, 6) is 1.50. The molecule has 0 aliphatic carbocycles. The molecule has 4 rings (SSSR count). The Bertz CT molecular complexity index is 1000. The van der Waals surface area contributed by atoms with Gasteiger partial charge in [0.2, 0.25) is 0 Å². The van der Waals surface area contributed by atoms with Crippen LogP contribution in [0.25, 0.3) is 6.08 Å². The molecule has 1 saturated heterocycles. The molecule has 30 heavy (non-hydrogen) atoms. The van der Waals surface area contributed by atoms with Crippen molar-refractivity contribution in [3.63, 3.8) is 0 Å². The van der Waals surface area contributed by atoms with Crippen LogP contribution in [-0.2, 0) is 6.42 Å². The number of aryl methyl sites for hydroxylation is 1. The van der Waals surface area contributed by atoms with Crippen LogP contribution in [0.1, 0.15) is 29.7 Å². The molecule has 1 aliphatic rings. The summed E-state index contributed by atoms with van der Waals surface area (Å²) in [5.41, 5.74) is 4.41. The lowest BCUT2D eigenvalue weighted by molar-refractivity contribution is 0.207. The third-order valence-corrected chi connectivity index (χ3v) is 5.89. The van der Waals surface area contributed by atoms with Crippen molar-refractivity contribution in [2.45, 2.75) is 26.2 Å². The van der Waals surface area contributed by atoms with Gasteiger partial charge in [-0.2, -0.15) is 11.3 Å². The molecule has 1 aromatic carbocycles. The van der Waals surface area contributed by atoms with Gasteiger partial charge in [0.15, 0.2) is 5.76 Å². The largest absolute Gasteiger partial charge is 0.493 e. The van der Waals surface area contributed by atoms with E-state index >= 15 is 0 Å². The number of thiophene rings is 1. The number of anilines is 1. The molecule has 3 aromatic rings. The molecular weight excluding hydrogens is 398 g/mol. The molecule has 3 heterocycles. The van der Waals surface area contributed by atoms with Crippen LogP contribution < -0.4 is 10.1 Å². The zero-order valence-corrected chi connectivity index (χ0v) is 17.8. The van der Waals surface area contributed by atoms with Crippen molar-refractivity contribution in [1.82, 2.24) is 10.1 Å². The molecule has 1 aliphatic heterocycles. The number of ether oxygens (including phenoxy) is 1. The predicted octanol–water partition coefficient (Wildman–Crippen LogP) is 5.38. The van der Waals surface area contributed by atoms with Crippen LogP contribution in [0.3, 0.4) is 0 Å². The number of urea groups is 1. The Morgan fingerprint density at radius 1 is 1.33 bits per heavy atom. The van der Waals surface area contributed by atoms with Gasteiger partial charge in [-0.15, -0.1) is 0 Å². The zero-order chi connectivity index (χ0) is 20.8. The summed E-state index contributed by atoms with van der Waals surface area (Å²) in [7, 11) is 0. The number of carbonyl (C=O) groups is 1. The molecule has 0 atom stereocenters. The van der Waals surface area contributed by atoms with Crippen LogP contribution >= 0.6 is 11.3 Å². The lowest BCUT2D eigenvalue weighted by Gasteiger charge is -2.28. The standard InChI is InChI=1S/C23H25N3O3S/c1-17-22(15-24-29-17)25-23(27)26-9-5-18(6-10-26)13-20-3-2-4-21(14-20)28-11-7-19-8-12-30-16-19/h2-4,8,12-16H,5-7,9-11H2,1H3,(H,25,27). The third-order valence-electron chi connectivity index (χ3n) is 5.15. The van der Waals surface area contributed by atoms with E-state index in [-0.39, 0.29) is 6.03 Å². The molecule has 2 aromatic heterocycles. The van der Waals surface area contributed by atoms with Crippen molar-refractivity contribution in [2.75, 3.05) is 25.0 Å². The van der Waals surface area contributed by atoms with E-state index < -0.39 is 0 Å². The normalized spacial score (nSPS) is 13.9. The summed E-state index contributed by atoms with van der Waals surface area (Å²) >= 11 is 1.71. The maximum atomic E-state index is 12.4. The van der Waals surface area contributed by atoms with Gasteiger partial charge in [-0.25, -0.2) is 4.79 Å².